The van der Waals surface area contributed by atoms with Crippen LogP contribution in [0.3, 0.4) is 0 Å². The normalized spacial score (nSPS) is 14.4. The zero-order valence-electron chi connectivity index (χ0n) is 17.8. The summed E-state index contributed by atoms with van der Waals surface area (Å²) in [5.41, 5.74) is 1.25. The predicted molar refractivity (Wildman–Crippen MR) is 105 cm³/mol. The van der Waals surface area contributed by atoms with Crippen LogP contribution in [0.25, 0.3) is 0 Å². The summed E-state index contributed by atoms with van der Waals surface area (Å²) >= 11 is 0. The van der Waals surface area contributed by atoms with E-state index in [1.165, 1.54) is 5.56 Å². The standard InChI is InChI=1S/C14H20N6.2C2HF3O2/c1-13-3-2-4-16-14(13)19-8-5-18(6-9-19)7-10-20-12-15-11-17-20;2*3-2(4,5)1(6)7/h2-4,11-12H,5-10H2,1H3;2*(H,6,7). The minimum atomic E-state index is -5.08. The number of alkyl halides is 6. The van der Waals surface area contributed by atoms with Crippen LogP contribution in [0.15, 0.2) is 31.0 Å². The Morgan fingerprint density at radius 2 is 1.50 bits per heavy atom. The van der Waals surface area contributed by atoms with Crippen molar-refractivity contribution < 1.29 is 46.1 Å². The molecule has 16 heteroatoms. The monoisotopic (exact) mass is 500 g/mol. The van der Waals surface area contributed by atoms with Crippen molar-refractivity contribution in [3.05, 3.63) is 36.5 Å². The Bertz CT molecular complexity index is 875. The molecular weight excluding hydrogens is 478 g/mol. The maximum atomic E-state index is 10.6. The topological polar surface area (TPSA) is 125 Å². The van der Waals surface area contributed by atoms with Crippen LogP contribution < -0.4 is 4.90 Å². The molecule has 0 radical (unpaired) electrons. The summed E-state index contributed by atoms with van der Waals surface area (Å²) in [6, 6.07) is 4.12. The van der Waals surface area contributed by atoms with Gasteiger partial charge >= 0.3 is 24.3 Å². The SMILES string of the molecule is Cc1cccnc1N1CCN(CCn2cncn2)CC1.O=C(O)C(F)(F)F.O=C(O)C(F)(F)F. The van der Waals surface area contributed by atoms with Crippen molar-refractivity contribution in [3.8, 4) is 0 Å². The summed E-state index contributed by atoms with van der Waals surface area (Å²) in [6.45, 7) is 8.28. The molecule has 2 aromatic heterocycles. The summed E-state index contributed by atoms with van der Waals surface area (Å²) in [7, 11) is 0. The van der Waals surface area contributed by atoms with Crippen molar-refractivity contribution in [2.24, 2.45) is 0 Å². The minimum absolute atomic E-state index is 0.905. The van der Waals surface area contributed by atoms with Crippen molar-refractivity contribution in [2.75, 3.05) is 37.6 Å². The van der Waals surface area contributed by atoms with Gasteiger partial charge < -0.3 is 15.1 Å². The van der Waals surface area contributed by atoms with Crippen molar-refractivity contribution >= 4 is 17.8 Å². The number of carboxylic acid groups (broad SMARTS) is 2. The lowest BCUT2D eigenvalue weighted by molar-refractivity contribution is -0.193. The van der Waals surface area contributed by atoms with E-state index in [9.17, 15) is 26.3 Å². The van der Waals surface area contributed by atoms with Gasteiger partial charge in [-0.2, -0.15) is 31.4 Å². The van der Waals surface area contributed by atoms with Gasteiger partial charge in [0.05, 0.1) is 6.54 Å². The molecule has 1 saturated heterocycles. The molecule has 0 unspecified atom stereocenters. The average Bonchev–Trinajstić information content (AvgIpc) is 3.26. The van der Waals surface area contributed by atoms with Gasteiger partial charge in [-0.05, 0) is 18.6 Å². The summed E-state index contributed by atoms with van der Waals surface area (Å²) in [4.78, 5) is 31.1. The molecule has 34 heavy (non-hydrogen) atoms. The fraction of sp³-hybridized carbons (Fsp3) is 0.500. The maximum absolute atomic E-state index is 10.6. The maximum Gasteiger partial charge on any atom is 0.490 e. The summed E-state index contributed by atoms with van der Waals surface area (Å²) in [5.74, 6) is -4.39. The molecule has 10 nitrogen and oxygen atoms in total. The Morgan fingerprint density at radius 1 is 0.971 bits per heavy atom. The number of hydrogen-bond acceptors (Lipinski definition) is 7. The van der Waals surface area contributed by atoms with E-state index in [1.807, 2.05) is 16.9 Å². The van der Waals surface area contributed by atoms with Gasteiger partial charge in [-0.15, -0.1) is 0 Å². The second kappa shape index (κ2) is 12.7. The molecule has 0 aromatic carbocycles. The molecule has 0 spiro atoms. The van der Waals surface area contributed by atoms with Crippen LogP contribution >= 0.6 is 0 Å². The first kappa shape index (κ1) is 28.6. The molecule has 0 atom stereocenters. The number of anilines is 1. The Kier molecular flexibility index (Phi) is 10.7. The fourth-order valence-electron chi connectivity index (χ4n) is 2.58. The number of aliphatic carboxylic acids is 2. The van der Waals surface area contributed by atoms with Crippen molar-refractivity contribution in [2.45, 2.75) is 25.8 Å². The van der Waals surface area contributed by atoms with Gasteiger partial charge in [0.1, 0.15) is 18.5 Å². The highest BCUT2D eigenvalue weighted by atomic mass is 19.4. The first-order valence-corrected chi connectivity index (χ1v) is 9.53. The Hall–Kier alpha value is -3.43. The summed E-state index contributed by atoms with van der Waals surface area (Å²) < 4.78 is 65.4. The van der Waals surface area contributed by atoms with Crippen LogP contribution in [0.4, 0.5) is 32.2 Å². The Balaban J connectivity index is 0.000000343. The third-order valence-corrected chi connectivity index (χ3v) is 4.25. The zero-order chi connectivity index (χ0) is 25.9. The Morgan fingerprint density at radius 3 is 1.91 bits per heavy atom. The molecule has 2 aromatic rings. The van der Waals surface area contributed by atoms with Crippen LogP contribution in [0.2, 0.25) is 0 Å². The molecule has 1 fully saturated rings. The molecule has 3 rings (SSSR count). The lowest BCUT2D eigenvalue weighted by Crippen LogP contribution is -2.47. The number of nitrogens with zero attached hydrogens (tertiary/aromatic N) is 6. The fourth-order valence-corrected chi connectivity index (χ4v) is 2.58. The number of piperazine rings is 1. The largest absolute Gasteiger partial charge is 0.490 e. The molecule has 190 valence electrons. The molecule has 1 aliphatic heterocycles. The number of hydrogen-bond donors (Lipinski definition) is 2. The summed E-state index contributed by atoms with van der Waals surface area (Å²) in [5, 5.41) is 18.4. The molecule has 0 saturated carbocycles. The Labute approximate surface area is 189 Å². The van der Waals surface area contributed by atoms with E-state index in [-0.39, 0.29) is 0 Å². The number of pyridine rings is 1. The van der Waals surface area contributed by atoms with E-state index < -0.39 is 24.3 Å². The molecule has 2 N–H and O–H groups in total. The average molecular weight is 500 g/mol. The number of aromatic nitrogens is 4. The van der Waals surface area contributed by atoms with Gasteiger partial charge in [0.2, 0.25) is 0 Å². The molecule has 0 amide bonds. The van der Waals surface area contributed by atoms with Gasteiger partial charge in [-0.25, -0.2) is 19.6 Å². The molecular formula is C18H22F6N6O4. The number of carboxylic acids is 2. The number of aryl methyl sites for hydroxylation is 1. The van der Waals surface area contributed by atoms with E-state index in [0.29, 0.717) is 0 Å². The van der Waals surface area contributed by atoms with Crippen LogP contribution in [-0.4, -0.2) is 91.9 Å². The smallest absolute Gasteiger partial charge is 0.475 e. The highest BCUT2D eigenvalue weighted by molar-refractivity contribution is 5.73. The summed E-state index contributed by atoms with van der Waals surface area (Å²) in [6.07, 6.45) is -4.94. The second-order valence-electron chi connectivity index (χ2n) is 6.74. The lowest BCUT2D eigenvalue weighted by Gasteiger charge is -2.35. The van der Waals surface area contributed by atoms with Gasteiger partial charge in [-0.3, -0.25) is 9.58 Å². The number of rotatable bonds is 4. The van der Waals surface area contributed by atoms with Crippen molar-refractivity contribution in [1.29, 1.82) is 0 Å². The second-order valence-corrected chi connectivity index (χ2v) is 6.74. The van der Waals surface area contributed by atoms with E-state index in [2.05, 4.69) is 37.9 Å². The molecule has 0 aliphatic carbocycles. The van der Waals surface area contributed by atoms with Gasteiger partial charge in [0, 0.05) is 38.9 Å². The van der Waals surface area contributed by atoms with Gasteiger partial charge in [-0.1, -0.05) is 6.07 Å². The van der Waals surface area contributed by atoms with Crippen LogP contribution in [0.5, 0.6) is 0 Å². The predicted octanol–water partition coefficient (Wildman–Crippen LogP) is 2.07. The van der Waals surface area contributed by atoms with Crippen LogP contribution in [0.1, 0.15) is 5.56 Å². The quantitative estimate of drug-likeness (QED) is 0.607. The first-order valence-electron chi connectivity index (χ1n) is 9.53. The number of carbonyl (C=O) groups is 2. The van der Waals surface area contributed by atoms with E-state index in [1.54, 1.807) is 12.7 Å². The van der Waals surface area contributed by atoms with Crippen molar-refractivity contribution in [1.82, 2.24) is 24.6 Å². The van der Waals surface area contributed by atoms with E-state index in [4.69, 9.17) is 19.8 Å². The van der Waals surface area contributed by atoms with E-state index in [0.717, 1.165) is 45.1 Å². The molecule has 0 bridgehead atoms. The number of halogens is 6. The first-order chi connectivity index (χ1) is 15.7. The van der Waals surface area contributed by atoms with E-state index >= 15 is 0 Å². The zero-order valence-corrected chi connectivity index (χ0v) is 17.8. The molecule has 1 aliphatic rings. The van der Waals surface area contributed by atoms with Gasteiger partial charge in [0.15, 0.2) is 0 Å². The van der Waals surface area contributed by atoms with Gasteiger partial charge in [0.25, 0.3) is 0 Å². The lowest BCUT2D eigenvalue weighted by atomic mass is 10.2. The third kappa shape index (κ3) is 10.5. The van der Waals surface area contributed by atoms with Crippen LogP contribution in [0, 0.1) is 6.92 Å². The van der Waals surface area contributed by atoms with Crippen LogP contribution in [-0.2, 0) is 16.1 Å². The molecule has 3 heterocycles. The van der Waals surface area contributed by atoms with Crippen molar-refractivity contribution in [3.63, 3.8) is 0 Å². The highest BCUT2D eigenvalue weighted by Gasteiger charge is 2.38. The minimum Gasteiger partial charge on any atom is -0.475 e. The highest BCUT2D eigenvalue weighted by Crippen LogP contribution is 2.17. The third-order valence-electron chi connectivity index (χ3n) is 4.25.